The van der Waals surface area contributed by atoms with Crippen molar-refractivity contribution >= 4 is 18.3 Å². The number of fused-ring (bicyclic) bond motifs is 1. The Hall–Kier alpha value is -0.960. The molecule has 1 aromatic carbocycles. The third-order valence-electron chi connectivity index (χ3n) is 1.95. The Labute approximate surface area is 82.2 Å². The Morgan fingerprint density at radius 1 is 1.31 bits per heavy atom. The highest BCUT2D eigenvalue weighted by molar-refractivity contribution is 7.95. The average molecular weight is 192 g/mol. The quantitative estimate of drug-likeness (QED) is 0.624. The third kappa shape index (κ3) is 1.70. The van der Waals surface area contributed by atoms with Crippen molar-refractivity contribution in [3.63, 3.8) is 0 Å². The normalized spacial score (nSPS) is 14.8. The molecule has 2 nitrogen and oxygen atoms in total. The summed E-state index contributed by atoms with van der Waals surface area (Å²) in [4.78, 5) is 0. The zero-order chi connectivity index (χ0) is 9.26. The van der Waals surface area contributed by atoms with E-state index in [4.69, 9.17) is 0 Å². The maximum absolute atomic E-state index is 4.41. The highest BCUT2D eigenvalue weighted by Gasteiger charge is 2.07. The molecule has 0 aromatic heterocycles. The lowest BCUT2D eigenvalue weighted by Crippen LogP contribution is -2.32. The predicted molar refractivity (Wildman–Crippen MR) is 56.3 cm³/mol. The minimum atomic E-state index is 0.488. The molecule has 0 amide bonds. The lowest BCUT2D eigenvalue weighted by atomic mass is 10.3. The van der Waals surface area contributed by atoms with Crippen LogP contribution in [0.4, 0.5) is 0 Å². The minimum Gasteiger partial charge on any atom is -0.301 e. The molecule has 0 saturated heterocycles. The molecule has 68 valence electrons. The molecule has 0 bridgehead atoms. The SMILES string of the molecule is CC(C)N1C=c2ccccc2=NS1. The number of hydrogen-bond donors (Lipinski definition) is 0. The summed E-state index contributed by atoms with van der Waals surface area (Å²) in [5, 5.41) is 2.28. The van der Waals surface area contributed by atoms with Crippen LogP contribution in [-0.2, 0) is 0 Å². The molecule has 1 heterocycles. The Bertz CT molecular complexity index is 411. The van der Waals surface area contributed by atoms with E-state index in [0.717, 1.165) is 5.36 Å². The van der Waals surface area contributed by atoms with Gasteiger partial charge in [0, 0.05) is 17.5 Å². The summed E-state index contributed by atoms with van der Waals surface area (Å²) in [7, 11) is 0. The molecule has 0 N–H and O–H groups in total. The molecule has 13 heavy (non-hydrogen) atoms. The highest BCUT2D eigenvalue weighted by Crippen LogP contribution is 2.16. The van der Waals surface area contributed by atoms with Crippen LogP contribution in [-0.4, -0.2) is 10.3 Å². The zero-order valence-corrected chi connectivity index (χ0v) is 8.58. The summed E-state index contributed by atoms with van der Waals surface area (Å²) in [6.45, 7) is 4.32. The molecule has 3 heteroatoms. The van der Waals surface area contributed by atoms with Crippen LogP contribution < -0.4 is 10.6 Å². The van der Waals surface area contributed by atoms with Crippen LogP contribution in [0.15, 0.2) is 28.7 Å². The third-order valence-corrected chi connectivity index (χ3v) is 2.94. The molecule has 0 unspecified atom stereocenters. The van der Waals surface area contributed by atoms with E-state index in [0.29, 0.717) is 6.04 Å². The summed E-state index contributed by atoms with van der Waals surface area (Å²) in [5.41, 5.74) is 0. The molecule has 0 fully saturated rings. The molecule has 2 rings (SSSR count). The van der Waals surface area contributed by atoms with Gasteiger partial charge in [0.1, 0.15) is 0 Å². The second kappa shape index (κ2) is 3.42. The van der Waals surface area contributed by atoms with Crippen LogP contribution in [0.5, 0.6) is 0 Å². The molecular weight excluding hydrogens is 180 g/mol. The van der Waals surface area contributed by atoms with Crippen molar-refractivity contribution in [1.29, 1.82) is 0 Å². The van der Waals surface area contributed by atoms with E-state index < -0.39 is 0 Å². The molecule has 0 spiro atoms. The predicted octanol–water partition coefficient (Wildman–Crippen LogP) is 1.33. The molecule has 0 saturated carbocycles. The summed E-state index contributed by atoms with van der Waals surface area (Å²) >= 11 is 1.52. The first-order valence-electron chi connectivity index (χ1n) is 4.38. The smallest absolute Gasteiger partial charge is 0.0933 e. The Kier molecular flexibility index (Phi) is 2.27. The molecule has 1 aromatic rings. The van der Waals surface area contributed by atoms with Crippen molar-refractivity contribution < 1.29 is 0 Å². The van der Waals surface area contributed by atoms with Gasteiger partial charge in [0.25, 0.3) is 0 Å². The lowest BCUT2D eigenvalue weighted by Gasteiger charge is -2.22. The maximum Gasteiger partial charge on any atom is 0.0933 e. The number of nitrogens with zero attached hydrogens (tertiary/aromatic N) is 2. The van der Waals surface area contributed by atoms with Gasteiger partial charge in [-0.3, -0.25) is 0 Å². The summed E-state index contributed by atoms with van der Waals surface area (Å²) < 4.78 is 6.56. The van der Waals surface area contributed by atoms with Gasteiger partial charge >= 0.3 is 0 Å². The van der Waals surface area contributed by atoms with Crippen molar-refractivity contribution in [2.75, 3.05) is 0 Å². The lowest BCUT2D eigenvalue weighted by molar-refractivity contribution is 0.542. The first-order chi connectivity index (χ1) is 6.27. The minimum absolute atomic E-state index is 0.488. The maximum atomic E-state index is 4.41. The zero-order valence-electron chi connectivity index (χ0n) is 7.77. The van der Waals surface area contributed by atoms with Gasteiger partial charge in [0.05, 0.1) is 17.5 Å². The van der Waals surface area contributed by atoms with Crippen LogP contribution in [0.25, 0.3) is 6.20 Å². The van der Waals surface area contributed by atoms with E-state index in [1.54, 1.807) is 0 Å². The fourth-order valence-electron chi connectivity index (χ4n) is 1.17. The van der Waals surface area contributed by atoms with Gasteiger partial charge < -0.3 is 4.31 Å². The number of hydrogen-bond acceptors (Lipinski definition) is 3. The monoisotopic (exact) mass is 192 g/mol. The van der Waals surface area contributed by atoms with Gasteiger partial charge in [0.15, 0.2) is 0 Å². The fraction of sp³-hybridized carbons (Fsp3) is 0.300. The van der Waals surface area contributed by atoms with Crippen LogP contribution in [0.3, 0.4) is 0 Å². The van der Waals surface area contributed by atoms with E-state index in [1.165, 1.54) is 17.4 Å². The molecule has 0 atom stereocenters. The van der Waals surface area contributed by atoms with Gasteiger partial charge in [-0.1, -0.05) is 18.2 Å². The van der Waals surface area contributed by atoms with Gasteiger partial charge in [-0.25, -0.2) is 0 Å². The standard InChI is InChI=1S/C10H12N2S/c1-8(2)12-7-9-5-3-4-6-10(9)11-13-12/h3-8H,1-2H3. The van der Waals surface area contributed by atoms with Gasteiger partial charge in [-0.15, -0.1) is 0 Å². The topological polar surface area (TPSA) is 15.6 Å². The summed E-state index contributed by atoms with van der Waals surface area (Å²) in [6.07, 6.45) is 2.15. The fourth-order valence-corrected chi connectivity index (χ4v) is 1.87. The van der Waals surface area contributed by atoms with Crippen LogP contribution in [0.1, 0.15) is 13.8 Å². The van der Waals surface area contributed by atoms with Crippen molar-refractivity contribution in [3.8, 4) is 0 Å². The Morgan fingerprint density at radius 3 is 2.85 bits per heavy atom. The van der Waals surface area contributed by atoms with E-state index in [1.807, 2.05) is 18.2 Å². The largest absolute Gasteiger partial charge is 0.301 e. The second-order valence-corrected chi connectivity index (χ2v) is 4.08. The number of benzene rings is 1. The van der Waals surface area contributed by atoms with Crippen molar-refractivity contribution in [3.05, 3.63) is 34.8 Å². The molecular formula is C10H12N2S. The summed E-state index contributed by atoms with van der Waals surface area (Å²) in [5.74, 6) is 0. The van der Waals surface area contributed by atoms with Crippen LogP contribution in [0.2, 0.25) is 0 Å². The van der Waals surface area contributed by atoms with E-state index >= 15 is 0 Å². The van der Waals surface area contributed by atoms with Gasteiger partial charge in [-0.05, 0) is 19.9 Å². The van der Waals surface area contributed by atoms with Crippen molar-refractivity contribution in [1.82, 2.24) is 4.31 Å². The number of rotatable bonds is 1. The average Bonchev–Trinajstić information content (AvgIpc) is 2.17. The second-order valence-electron chi connectivity index (χ2n) is 3.31. The molecule has 0 aliphatic carbocycles. The summed E-state index contributed by atoms with van der Waals surface area (Å²) in [6, 6.07) is 8.67. The molecule has 1 aliphatic rings. The first-order valence-corrected chi connectivity index (χ1v) is 5.11. The van der Waals surface area contributed by atoms with Crippen molar-refractivity contribution in [2.45, 2.75) is 19.9 Å². The van der Waals surface area contributed by atoms with E-state index in [-0.39, 0.29) is 0 Å². The first kappa shape index (κ1) is 8.63. The van der Waals surface area contributed by atoms with Crippen molar-refractivity contribution in [2.24, 2.45) is 4.40 Å². The van der Waals surface area contributed by atoms with Crippen LogP contribution in [0, 0.1) is 0 Å². The Balaban J connectivity index is 2.49. The highest BCUT2D eigenvalue weighted by atomic mass is 32.2. The van der Waals surface area contributed by atoms with E-state index in [9.17, 15) is 0 Å². The van der Waals surface area contributed by atoms with Crippen LogP contribution >= 0.6 is 12.1 Å². The van der Waals surface area contributed by atoms with E-state index in [2.05, 4.69) is 34.8 Å². The van der Waals surface area contributed by atoms with Gasteiger partial charge in [0.2, 0.25) is 0 Å². The molecule has 1 aliphatic heterocycles. The van der Waals surface area contributed by atoms with Gasteiger partial charge in [-0.2, -0.15) is 4.40 Å². The molecule has 0 radical (unpaired) electrons. The Morgan fingerprint density at radius 2 is 2.08 bits per heavy atom.